The van der Waals surface area contributed by atoms with E-state index >= 15 is 0 Å². The number of H-pyrrole nitrogens is 1. The maximum atomic E-state index is 11.4. The standard InChI is InChI=1S/C13H16N4O2S/c1-8-4-5-10(9(6-8)7-14-2)20-13-15-11(18)12(19)16-17(13)3/h4-6,14H,7H2,1-3H3,(H,16,19). The van der Waals surface area contributed by atoms with Crippen molar-refractivity contribution in [2.75, 3.05) is 7.05 Å². The smallest absolute Gasteiger partial charge is 0.316 e. The van der Waals surface area contributed by atoms with Gasteiger partial charge in [-0.3, -0.25) is 19.4 Å². The lowest BCUT2D eigenvalue weighted by atomic mass is 10.1. The van der Waals surface area contributed by atoms with Crippen molar-refractivity contribution in [3.63, 3.8) is 0 Å². The third-order valence-corrected chi connectivity index (χ3v) is 3.90. The number of aryl methyl sites for hydroxylation is 2. The van der Waals surface area contributed by atoms with Crippen molar-refractivity contribution < 1.29 is 0 Å². The Kier molecular flexibility index (Phi) is 4.41. The molecule has 0 aliphatic carbocycles. The molecule has 0 unspecified atom stereocenters. The summed E-state index contributed by atoms with van der Waals surface area (Å²) in [5.41, 5.74) is 0.810. The predicted octanol–water partition coefficient (Wildman–Crippen LogP) is 0.648. The normalized spacial score (nSPS) is 10.8. The Morgan fingerprint density at radius 1 is 1.40 bits per heavy atom. The van der Waals surface area contributed by atoms with Gasteiger partial charge >= 0.3 is 11.1 Å². The highest BCUT2D eigenvalue weighted by atomic mass is 32.2. The zero-order chi connectivity index (χ0) is 14.7. The van der Waals surface area contributed by atoms with E-state index < -0.39 is 11.1 Å². The van der Waals surface area contributed by atoms with Gasteiger partial charge < -0.3 is 5.32 Å². The van der Waals surface area contributed by atoms with Gasteiger partial charge in [-0.25, -0.2) is 0 Å². The molecular formula is C13H16N4O2S. The molecule has 0 bridgehead atoms. The lowest BCUT2D eigenvalue weighted by Gasteiger charge is -2.11. The number of nitrogens with one attached hydrogen (secondary N) is 2. The van der Waals surface area contributed by atoms with Crippen molar-refractivity contribution in [3.05, 3.63) is 50.0 Å². The Bertz CT molecular complexity index is 736. The van der Waals surface area contributed by atoms with Crippen LogP contribution < -0.4 is 16.4 Å². The molecule has 7 heteroatoms. The molecule has 0 aliphatic rings. The molecule has 0 spiro atoms. The maximum absolute atomic E-state index is 11.4. The summed E-state index contributed by atoms with van der Waals surface area (Å²) < 4.78 is 1.46. The highest BCUT2D eigenvalue weighted by molar-refractivity contribution is 7.99. The lowest BCUT2D eigenvalue weighted by Crippen LogP contribution is -2.33. The zero-order valence-corrected chi connectivity index (χ0v) is 12.4. The lowest BCUT2D eigenvalue weighted by molar-refractivity contribution is 0.596. The molecule has 1 heterocycles. The van der Waals surface area contributed by atoms with Gasteiger partial charge in [0.1, 0.15) is 0 Å². The third-order valence-electron chi connectivity index (χ3n) is 2.73. The molecule has 2 N–H and O–H groups in total. The molecule has 106 valence electrons. The molecule has 6 nitrogen and oxygen atoms in total. The molecule has 2 rings (SSSR count). The van der Waals surface area contributed by atoms with Gasteiger partial charge in [0.25, 0.3) is 0 Å². The van der Waals surface area contributed by atoms with Crippen LogP contribution in [0.5, 0.6) is 0 Å². The van der Waals surface area contributed by atoms with Gasteiger partial charge in [0.15, 0.2) is 5.16 Å². The fraction of sp³-hybridized carbons (Fsp3) is 0.308. The minimum absolute atomic E-state index is 0.454. The first-order chi connectivity index (χ1) is 9.51. The van der Waals surface area contributed by atoms with Gasteiger partial charge in [-0.15, -0.1) is 0 Å². The summed E-state index contributed by atoms with van der Waals surface area (Å²) in [5.74, 6) is 0. The number of nitrogens with zero attached hydrogens (tertiary/aromatic N) is 2. The third kappa shape index (κ3) is 3.17. The van der Waals surface area contributed by atoms with Gasteiger partial charge in [-0.1, -0.05) is 17.7 Å². The van der Waals surface area contributed by atoms with Crippen LogP contribution in [0.15, 0.2) is 37.8 Å². The number of aromatic amines is 1. The fourth-order valence-corrected chi connectivity index (χ4v) is 2.69. The highest BCUT2D eigenvalue weighted by Crippen LogP contribution is 2.28. The summed E-state index contributed by atoms with van der Waals surface area (Å²) in [5, 5.41) is 6.01. The van der Waals surface area contributed by atoms with Crippen molar-refractivity contribution in [1.82, 2.24) is 20.1 Å². The van der Waals surface area contributed by atoms with E-state index in [0.717, 1.165) is 17.0 Å². The van der Waals surface area contributed by atoms with Gasteiger partial charge in [0, 0.05) is 18.5 Å². The number of hydrogen-bond acceptors (Lipinski definition) is 5. The highest BCUT2D eigenvalue weighted by Gasteiger charge is 2.09. The summed E-state index contributed by atoms with van der Waals surface area (Å²) >= 11 is 1.35. The number of aromatic nitrogens is 3. The first-order valence-electron chi connectivity index (χ1n) is 6.10. The number of hydrogen-bond donors (Lipinski definition) is 2. The second kappa shape index (κ2) is 6.06. The number of rotatable bonds is 4. The van der Waals surface area contributed by atoms with Gasteiger partial charge in [0.2, 0.25) is 0 Å². The van der Waals surface area contributed by atoms with Crippen molar-refractivity contribution >= 4 is 11.8 Å². The predicted molar refractivity (Wildman–Crippen MR) is 78.2 cm³/mol. The SMILES string of the molecule is CNCc1cc(C)ccc1Sc1nc(=O)c(=O)[nH]n1C. The molecule has 1 aromatic carbocycles. The van der Waals surface area contributed by atoms with Crippen LogP contribution in [-0.4, -0.2) is 21.8 Å². The molecule has 0 fully saturated rings. The molecule has 20 heavy (non-hydrogen) atoms. The largest absolute Gasteiger partial charge is 0.339 e. The molecule has 0 saturated carbocycles. The Morgan fingerprint density at radius 2 is 2.15 bits per heavy atom. The Labute approximate surface area is 120 Å². The van der Waals surface area contributed by atoms with Crippen LogP contribution >= 0.6 is 11.8 Å². The van der Waals surface area contributed by atoms with Crippen molar-refractivity contribution in [2.24, 2.45) is 7.05 Å². The van der Waals surface area contributed by atoms with Crippen molar-refractivity contribution in [1.29, 1.82) is 0 Å². The molecule has 0 aliphatic heterocycles. The molecule has 0 amide bonds. The van der Waals surface area contributed by atoms with Crippen LogP contribution in [0, 0.1) is 6.92 Å². The van der Waals surface area contributed by atoms with E-state index in [1.54, 1.807) is 7.05 Å². The molecule has 2 aromatic rings. The van der Waals surface area contributed by atoms with E-state index in [0.29, 0.717) is 5.16 Å². The molecular weight excluding hydrogens is 276 g/mol. The molecule has 0 saturated heterocycles. The monoisotopic (exact) mass is 292 g/mol. The number of benzene rings is 1. The topological polar surface area (TPSA) is 79.8 Å². The van der Waals surface area contributed by atoms with E-state index in [-0.39, 0.29) is 0 Å². The van der Waals surface area contributed by atoms with Crippen molar-refractivity contribution in [3.8, 4) is 0 Å². The summed E-state index contributed by atoms with van der Waals surface area (Å²) in [6, 6.07) is 6.08. The van der Waals surface area contributed by atoms with Crippen LogP contribution in [0.1, 0.15) is 11.1 Å². The first kappa shape index (κ1) is 14.5. The Balaban J connectivity index is 2.42. The second-order valence-corrected chi connectivity index (χ2v) is 5.45. The van der Waals surface area contributed by atoms with Crippen molar-refractivity contribution in [2.45, 2.75) is 23.5 Å². The Hall–Kier alpha value is -1.86. The van der Waals surface area contributed by atoms with Gasteiger partial charge in [0.05, 0.1) is 0 Å². The van der Waals surface area contributed by atoms with Crippen LogP contribution in [0.2, 0.25) is 0 Å². The van der Waals surface area contributed by atoms with E-state index in [1.807, 2.05) is 26.1 Å². The first-order valence-corrected chi connectivity index (χ1v) is 6.92. The quantitative estimate of drug-likeness (QED) is 0.809. The van der Waals surface area contributed by atoms with E-state index in [2.05, 4.69) is 21.5 Å². The average molecular weight is 292 g/mol. The summed E-state index contributed by atoms with van der Waals surface area (Å²) in [6.45, 7) is 2.75. The molecule has 1 aromatic heterocycles. The summed E-state index contributed by atoms with van der Waals surface area (Å²) in [7, 11) is 3.53. The van der Waals surface area contributed by atoms with Gasteiger partial charge in [-0.2, -0.15) is 4.98 Å². The minimum Gasteiger partial charge on any atom is -0.316 e. The molecule has 0 radical (unpaired) electrons. The second-order valence-electron chi connectivity index (χ2n) is 4.44. The zero-order valence-electron chi connectivity index (χ0n) is 11.6. The summed E-state index contributed by atoms with van der Waals surface area (Å²) in [4.78, 5) is 27.3. The van der Waals surface area contributed by atoms with Crippen LogP contribution in [-0.2, 0) is 13.6 Å². The van der Waals surface area contributed by atoms with Crippen LogP contribution in [0.4, 0.5) is 0 Å². The fourth-order valence-electron chi connectivity index (χ4n) is 1.79. The van der Waals surface area contributed by atoms with E-state index in [1.165, 1.54) is 22.0 Å². The van der Waals surface area contributed by atoms with Crippen LogP contribution in [0.3, 0.4) is 0 Å². The van der Waals surface area contributed by atoms with E-state index in [4.69, 9.17) is 0 Å². The Morgan fingerprint density at radius 3 is 2.85 bits per heavy atom. The van der Waals surface area contributed by atoms with Gasteiger partial charge in [-0.05, 0) is 37.4 Å². The van der Waals surface area contributed by atoms with Crippen LogP contribution in [0.25, 0.3) is 0 Å². The maximum Gasteiger partial charge on any atom is 0.339 e. The average Bonchev–Trinajstić information content (AvgIpc) is 2.39. The molecule has 0 atom stereocenters. The van der Waals surface area contributed by atoms with E-state index in [9.17, 15) is 9.59 Å². The minimum atomic E-state index is -0.770. The summed E-state index contributed by atoms with van der Waals surface area (Å²) in [6.07, 6.45) is 0.